The molecule has 4 aromatic rings. The van der Waals surface area contributed by atoms with Crippen molar-refractivity contribution in [2.75, 3.05) is 42.3 Å². The van der Waals surface area contributed by atoms with E-state index in [1.807, 2.05) is 42.1 Å². The number of nitrogens with two attached hydrogens (primary N) is 1. The van der Waals surface area contributed by atoms with Crippen LogP contribution >= 0.6 is 0 Å². The molecular weight excluding hydrogens is 382 g/mol. The van der Waals surface area contributed by atoms with E-state index >= 15 is 0 Å². The minimum atomic E-state index is 0.606. The first-order chi connectivity index (χ1) is 14.7. The molecule has 1 fully saturated rings. The molecule has 10 nitrogen and oxygen atoms in total. The molecule has 0 spiro atoms. The summed E-state index contributed by atoms with van der Waals surface area (Å²) in [5.74, 6) is 1.36. The van der Waals surface area contributed by atoms with Gasteiger partial charge in [0.2, 0.25) is 5.95 Å². The van der Waals surface area contributed by atoms with Gasteiger partial charge >= 0.3 is 0 Å². The molecule has 0 aliphatic carbocycles. The molecule has 154 valence electrons. The predicted molar refractivity (Wildman–Crippen MR) is 115 cm³/mol. The highest BCUT2D eigenvalue weighted by atomic mass is 16.5. The Hall–Kier alpha value is -3.66. The fraction of sp³-hybridized carbons (Fsp3) is 0.300. The third-order valence-corrected chi connectivity index (χ3v) is 5.09. The molecule has 30 heavy (non-hydrogen) atoms. The molecule has 0 amide bonds. The smallest absolute Gasteiger partial charge is 0.229 e. The Morgan fingerprint density at radius 1 is 1.13 bits per heavy atom. The average molecular weight is 405 g/mol. The van der Waals surface area contributed by atoms with Gasteiger partial charge < -0.3 is 20.7 Å². The number of aryl methyl sites for hydroxylation is 1. The van der Waals surface area contributed by atoms with Crippen molar-refractivity contribution >= 4 is 28.6 Å². The number of morpholine rings is 1. The molecule has 0 bridgehead atoms. The Bertz CT molecular complexity index is 1160. The molecule has 1 aliphatic rings. The maximum absolute atomic E-state index is 5.79. The number of hydrogen-bond acceptors (Lipinski definition) is 8. The van der Waals surface area contributed by atoms with Crippen LogP contribution in [0.5, 0.6) is 0 Å². The number of imidazole rings is 1. The molecule has 1 aliphatic heterocycles. The van der Waals surface area contributed by atoms with Crippen LogP contribution in [0.25, 0.3) is 16.9 Å². The zero-order chi connectivity index (χ0) is 20.5. The summed E-state index contributed by atoms with van der Waals surface area (Å²) in [5, 5.41) is 7.70. The van der Waals surface area contributed by atoms with Crippen LogP contribution in [0.2, 0.25) is 0 Å². The topological polar surface area (TPSA) is 112 Å². The number of aromatic nitrogens is 6. The van der Waals surface area contributed by atoms with Gasteiger partial charge in [-0.3, -0.25) is 9.25 Å². The van der Waals surface area contributed by atoms with Crippen LogP contribution in [-0.2, 0) is 18.3 Å². The molecule has 0 atom stereocenters. The number of benzene rings is 1. The first-order valence-corrected chi connectivity index (χ1v) is 9.82. The lowest BCUT2D eigenvalue weighted by Crippen LogP contribution is -2.37. The second-order valence-electron chi connectivity index (χ2n) is 7.23. The largest absolute Gasteiger partial charge is 0.399 e. The summed E-state index contributed by atoms with van der Waals surface area (Å²) in [6.45, 7) is 3.44. The minimum Gasteiger partial charge on any atom is -0.399 e. The highest BCUT2D eigenvalue weighted by molar-refractivity contribution is 5.85. The van der Waals surface area contributed by atoms with Crippen LogP contribution in [0.1, 0.15) is 5.56 Å². The van der Waals surface area contributed by atoms with Crippen LogP contribution in [0.3, 0.4) is 0 Å². The Morgan fingerprint density at radius 2 is 1.93 bits per heavy atom. The lowest BCUT2D eigenvalue weighted by molar-refractivity contribution is 0.122. The molecule has 0 radical (unpaired) electrons. The van der Waals surface area contributed by atoms with Gasteiger partial charge in [0.1, 0.15) is 6.33 Å². The Labute approximate surface area is 173 Å². The summed E-state index contributed by atoms with van der Waals surface area (Å²) in [6.07, 6.45) is 5.48. The number of nitrogen functional groups attached to an aromatic ring is 1. The van der Waals surface area contributed by atoms with Gasteiger partial charge in [0.15, 0.2) is 17.0 Å². The van der Waals surface area contributed by atoms with Crippen molar-refractivity contribution in [3.8, 4) is 5.69 Å². The van der Waals surface area contributed by atoms with E-state index < -0.39 is 0 Å². The minimum absolute atomic E-state index is 0.606. The SMILES string of the molecule is Cn1cc(-n2cnc3c(NCc4ccc(N)cc4)nc(N4CCOCC4)nc32)cn1. The van der Waals surface area contributed by atoms with Crippen LogP contribution in [-0.4, -0.2) is 55.6 Å². The first kappa shape index (κ1) is 18.4. The first-order valence-electron chi connectivity index (χ1n) is 9.82. The standard InChI is InChI=1S/C20H23N9O/c1-27-12-16(11-24-27)29-13-23-17-18(22-10-14-2-4-15(21)5-3-14)25-20(26-19(17)29)28-6-8-30-9-7-28/h2-5,11-13H,6-10,21H2,1H3,(H,22,25,26). The number of nitrogens with one attached hydrogen (secondary N) is 1. The van der Waals surface area contributed by atoms with Crippen molar-refractivity contribution in [3.63, 3.8) is 0 Å². The van der Waals surface area contributed by atoms with Crippen molar-refractivity contribution in [3.05, 3.63) is 48.5 Å². The monoisotopic (exact) mass is 405 g/mol. The van der Waals surface area contributed by atoms with E-state index in [4.69, 9.17) is 20.4 Å². The van der Waals surface area contributed by atoms with Crippen molar-refractivity contribution in [2.45, 2.75) is 6.54 Å². The molecule has 3 aromatic heterocycles. The summed E-state index contributed by atoms with van der Waals surface area (Å²) in [5.41, 5.74) is 9.99. The molecule has 5 rings (SSSR count). The lowest BCUT2D eigenvalue weighted by atomic mass is 10.2. The summed E-state index contributed by atoms with van der Waals surface area (Å²) in [4.78, 5) is 16.4. The highest BCUT2D eigenvalue weighted by Gasteiger charge is 2.20. The predicted octanol–water partition coefficient (Wildman–Crippen LogP) is 1.58. The summed E-state index contributed by atoms with van der Waals surface area (Å²) >= 11 is 0. The second kappa shape index (κ2) is 7.64. The summed E-state index contributed by atoms with van der Waals surface area (Å²) in [6, 6.07) is 7.78. The second-order valence-corrected chi connectivity index (χ2v) is 7.23. The van der Waals surface area contributed by atoms with E-state index in [-0.39, 0.29) is 0 Å². The third kappa shape index (κ3) is 3.52. The van der Waals surface area contributed by atoms with Gasteiger partial charge in [-0.1, -0.05) is 12.1 Å². The fourth-order valence-corrected chi connectivity index (χ4v) is 3.46. The zero-order valence-corrected chi connectivity index (χ0v) is 16.7. The van der Waals surface area contributed by atoms with Crippen molar-refractivity contribution < 1.29 is 4.74 Å². The van der Waals surface area contributed by atoms with Gasteiger partial charge in [-0.05, 0) is 17.7 Å². The number of fused-ring (bicyclic) bond motifs is 1. The number of rotatable bonds is 5. The molecule has 0 unspecified atom stereocenters. The average Bonchev–Trinajstić information content (AvgIpc) is 3.39. The van der Waals surface area contributed by atoms with E-state index in [1.54, 1.807) is 17.2 Å². The fourth-order valence-electron chi connectivity index (χ4n) is 3.46. The maximum Gasteiger partial charge on any atom is 0.229 e. The van der Waals surface area contributed by atoms with Gasteiger partial charge in [0, 0.05) is 38.6 Å². The number of anilines is 3. The quantitative estimate of drug-likeness (QED) is 0.481. The molecule has 1 saturated heterocycles. The summed E-state index contributed by atoms with van der Waals surface area (Å²) < 4.78 is 9.17. The number of ether oxygens (including phenoxy) is 1. The van der Waals surface area contributed by atoms with Crippen LogP contribution in [0.15, 0.2) is 43.0 Å². The number of nitrogens with zero attached hydrogens (tertiary/aromatic N) is 7. The molecule has 1 aromatic carbocycles. The Balaban J connectivity index is 1.55. The Morgan fingerprint density at radius 3 is 2.67 bits per heavy atom. The van der Waals surface area contributed by atoms with Gasteiger partial charge in [0.05, 0.1) is 25.1 Å². The zero-order valence-electron chi connectivity index (χ0n) is 16.7. The van der Waals surface area contributed by atoms with E-state index in [0.717, 1.165) is 35.7 Å². The molecular formula is C20H23N9O. The molecule has 3 N–H and O–H groups in total. The van der Waals surface area contributed by atoms with Crippen LogP contribution < -0.4 is 16.0 Å². The van der Waals surface area contributed by atoms with Crippen molar-refractivity contribution in [1.29, 1.82) is 0 Å². The lowest BCUT2D eigenvalue weighted by Gasteiger charge is -2.27. The molecule has 10 heteroatoms. The maximum atomic E-state index is 5.79. The third-order valence-electron chi connectivity index (χ3n) is 5.09. The van der Waals surface area contributed by atoms with E-state index in [9.17, 15) is 0 Å². The van der Waals surface area contributed by atoms with Gasteiger partial charge in [-0.2, -0.15) is 15.1 Å². The highest BCUT2D eigenvalue weighted by Crippen LogP contribution is 2.25. The van der Waals surface area contributed by atoms with Crippen molar-refractivity contribution in [2.24, 2.45) is 7.05 Å². The molecule has 4 heterocycles. The summed E-state index contributed by atoms with van der Waals surface area (Å²) in [7, 11) is 1.89. The van der Waals surface area contributed by atoms with E-state index in [2.05, 4.69) is 20.3 Å². The number of hydrogen-bond donors (Lipinski definition) is 2. The van der Waals surface area contributed by atoms with Gasteiger partial charge in [-0.15, -0.1) is 0 Å². The van der Waals surface area contributed by atoms with Gasteiger partial charge in [-0.25, -0.2) is 4.98 Å². The molecule has 0 saturated carbocycles. The van der Waals surface area contributed by atoms with E-state index in [1.165, 1.54) is 0 Å². The van der Waals surface area contributed by atoms with Crippen LogP contribution in [0, 0.1) is 0 Å². The van der Waals surface area contributed by atoms with E-state index in [0.29, 0.717) is 37.0 Å². The Kier molecular flexibility index (Phi) is 4.68. The normalized spacial score (nSPS) is 14.4. The van der Waals surface area contributed by atoms with Crippen molar-refractivity contribution in [1.82, 2.24) is 29.3 Å². The van der Waals surface area contributed by atoms with Gasteiger partial charge in [0.25, 0.3) is 0 Å². The van der Waals surface area contributed by atoms with Crippen LogP contribution in [0.4, 0.5) is 17.5 Å².